The summed E-state index contributed by atoms with van der Waals surface area (Å²) in [5.41, 5.74) is 0. The van der Waals surface area contributed by atoms with Gasteiger partial charge in [-0.25, -0.2) is 4.79 Å². The lowest BCUT2D eigenvalue weighted by Crippen LogP contribution is -2.40. The Hall–Kier alpha value is -1.31. The SMILES string of the molecule is CC(=O)OC[C@H]1C[C@H](C)CCN1.O=C(O)C(F)(F)F. The summed E-state index contributed by atoms with van der Waals surface area (Å²) < 4.78 is 36.7. The minimum atomic E-state index is -5.08. The lowest BCUT2D eigenvalue weighted by molar-refractivity contribution is -0.192. The molecule has 0 aromatic carbocycles. The molecule has 19 heavy (non-hydrogen) atoms. The van der Waals surface area contributed by atoms with Gasteiger partial charge in [0.2, 0.25) is 0 Å². The van der Waals surface area contributed by atoms with E-state index in [1.165, 1.54) is 13.3 Å². The van der Waals surface area contributed by atoms with Crippen molar-refractivity contribution in [1.82, 2.24) is 5.32 Å². The van der Waals surface area contributed by atoms with Crippen LogP contribution in [0.1, 0.15) is 26.7 Å². The second-order valence-electron chi connectivity index (χ2n) is 4.39. The Morgan fingerprint density at radius 2 is 1.95 bits per heavy atom. The van der Waals surface area contributed by atoms with E-state index in [4.69, 9.17) is 14.6 Å². The third kappa shape index (κ3) is 9.29. The van der Waals surface area contributed by atoms with Crippen molar-refractivity contribution in [2.45, 2.75) is 38.9 Å². The van der Waals surface area contributed by atoms with Crippen molar-refractivity contribution in [2.75, 3.05) is 13.2 Å². The van der Waals surface area contributed by atoms with E-state index in [9.17, 15) is 18.0 Å². The number of aliphatic carboxylic acids is 1. The maximum absolute atomic E-state index is 10.6. The Balaban J connectivity index is 0.000000399. The zero-order valence-electron chi connectivity index (χ0n) is 10.8. The summed E-state index contributed by atoms with van der Waals surface area (Å²) in [6.07, 6.45) is -2.73. The molecule has 1 fully saturated rings. The van der Waals surface area contributed by atoms with Crippen LogP contribution in [0.2, 0.25) is 0 Å². The van der Waals surface area contributed by atoms with Crippen molar-refractivity contribution in [3.05, 3.63) is 0 Å². The third-order valence-electron chi connectivity index (χ3n) is 2.49. The number of esters is 1. The predicted octanol–water partition coefficient (Wildman–Crippen LogP) is 1.57. The molecule has 1 aliphatic rings. The first kappa shape index (κ1) is 17.7. The lowest BCUT2D eigenvalue weighted by atomic mass is 9.95. The molecule has 8 heteroatoms. The number of hydrogen-bond acceptors (Lipinski definition) is 4. The van der Waals surface area contributed by atoms with Gasteiger partial charge in [0.15, 0.2) is 0 Å². The Morgan fingerprint density at radius 1 is 1.42 bits per heavy atom. The summed E-state index contributed by atoms with van der Waals surface area (Å²) in [5, 5.41) is 10.5. The molecule has 1 saturated heterocycles. The molecule has 0 saturated carbocycles. The molecule has 5 nitrogen and oxygen atoms in total. The zero-order chi connectivity index (χ0) is 15.1. The first-order valence-electron chi connectivity index (χ1n) is 5.79. The number of carbonyl (C=O) groups is 2. The van der Waals surface area contributed by atoms with Gasteiger partial charge < -0.3 is 15.2 Å². The molecular formula is C11H18F3NO4. The average molecular weight is 285 g/mol. The number of carboxylic acids is 1. The molecule has 0 spiro atoms. The number of piperidine rings is 1. The summed E-state index contributed by atoms with van der Waals surface area (Å²) >= 11 is 0. The van der Waals surface area contributed by atoms with Crippen molar-refractivity contribution in [3.8, 4) is 0 Å². The van der Waals surface area contributed by atoms with Crippen LogP contribution >= 0.6 is 0 Å². The van der Waals surface area contributed by atoms with Gasteiger partial charge in [-0.05, 0) is 25.3 Å². The van der Waals surface area contributed by atoms with E-state index in [-0.39, 0.29) is 5.97 Å². The van der Waals surface area contributed by atoms with Gasteiger partial charge in [0.1, 0.15) is 6.61 Å². The molecule has 0 unspecified atom stereocenters. The topological polar surface area (TPSA) is 75.6 Å². The Morgan fingerprint density at radius 3 is 2.32 bits per heavy atom. The quantitative estimate of drug-likeness (QED) is 0.753. The Labute approximate surface area is 109 Å². The van der Waals surface area contributed by atoms with Crippen molar-refractivity contribution in [2.24, 2.45) is 5.92 Å². The highest BCUT2D eigenvalue weighted by molar-refractivity contribution is 5.73. The van der Waals surface area contributed by atoms with Crippen LogP contribution in [0.3, 0.4) is 0 Å². The molecular weight excluding hydrogens is 267 g/mol. The first-order valence-corrected chi connectivity index (χ1v) is 5.79. The number of ether oxygens (including phenoxy) is 1. The van der Waals surface area contributed by atoms with Crippen LogP contribution in [0.25, 0.3) is 0 Å². The van der Waals surface area contributed by atoms with E-state index in [0.717, 1.165) is 18.9 Å². The number of halogens is 3. The predicted molar refractivity (Wildman–Crippen MR) is 60.5 cm³/mol. The maximum Gasteiger partial charge on any atom is 0.490 e. The summed E-state index contributed by atoms with van der Waals surface area (Å²) in [6, 6.07) is 0.373. The fourth-order valence-electron chi connectivity index (χ4n) is 1.57. The van der Waals surface area contributed by atoms with Crippen molar-refractivity contribution in [3.63, 3.8) is 0 Å². The standard InChI is InChI=1S/C9H17NO2.C2HF3O2/c1-7-3-4-10-9(5-7)6-12-8(2)11;3-2(4,5)1(6)7/h7,9-10H,3-6H2,1-2H3;(H,6,7)/t7-,9-;/m1./s1. The van der Waals surface area contributed by atoms with E-state index >= 15 is 0 Å². The van der Waals surface area contributed by atoms with Crippen LogP contribution in [-0.4, -0.2) is 42.4 Å². The Kier molecular flexibility index (Phi) is 7.43. The van der Waals surface area contributed by atoms with E-state index < -0.39 is 12.1 Å². The van der Waals surface area contributed by atoms with E-state index in [1.54, 1.807) is 0 Å². The molecule has 1 rings (SSSR count). The molecule has 2 atom stereocenters. The number of rotatable bonds is 2. The van der Waals surface area contributed by atoms with Gasteiger partial charge in [0, 0.05) is 13.0 Å². The number of nitrogens with one attached hydrogen (secondary N) is 1. The molecule has 0 aliphatic carbocycles. The number of alkyl halides is 3. The fraction of sp³-hybridized carbons (Fsp3) is 0.818. The van der Waals surface area contributed by atoms with Crippen LogP contribution in [0, 0.1) is 5.92 Å². The second kappa shape index (κ2) is 7.98. The number of carboxylic acid groups (broad SMARTS) is 1. The molecule has 2 N–H and O–H groups in total. The Bertz CT molecular complexity index is 307. The van der Waals surface area contributed by atoms with Gasteiger partial charge in [-0.2, -0.15) is 13.2 Å². The molecule has 0 aromatic rings. The van der Waals surface area contributed by atoms with Crippen molar-refractivity contribution < 1.29 is 32.6 Å². The fourth-order valence-corrected chi connectivity index (χ4v) is 1.57. The van der Waals surface area contributed by atoms with Gasteiger partial charge in [0.25, 0.3) is 0 Å². The van der Waals surface area contributed by atoms with Crippen LogP contribution in [0.15, 0.2) is 0 Å². The van der Waals surface area contributed by atoms with Gasteiger partial charge in [-0.1, -0.05) is 6.92 Å². The van der Waals surface area contributed by atoms with E-state index in [0.29, 0.717) is 12.6 Å². The highest BCUT2D eigenvalue weighted by Gasteiger charge is 2.38. The average Bonchev–Trinajstić information content (AvgIpc) is 2.26. The number of hydrogen-bond donors (Lipinski definition) is 2. The summed E-state index contributed by atoms with van der Waals surface area (Å²) in [4.78, 5) is 19.4. The van der Waals surface area contributed by atoms with Crippen LogP contribution in [0.4, 0.5) is 13.2 Å². The smallest absolute Gasteiger partial charge is 0.475 e. The lowest BCUT2D eigenvalue weighted by Gasteiger charge is -2.27. The van der Waals surface area contributed by atoms with Crippen molar-refractivity contribution >= 4 is 11.9 Å². The second-order valence-corrected chi connectivity index (χ2v) is 4.39. The van der Waals surface area contributed by atoms with Gasteiger partial charge >= 0.3 is 18.1 Å². The summed E-state index contributed by atoms with van der Waals surface area (Å²) in [7, 11) is 0. The van der Waals surface area contributed by atoms with Crippen LogP contribution in [0.5, 0.6) is 0 Å². The highest BCUT2D eigenvalue weighted by atomic mass is 19.4. The van der Waals surface area contributed by atoms with Gasteiger partial charge in [-0.15, -0.1) is 0 Å². The monoisotopic (exact) mass is 285 g/mol. The highest BCUT2D eigenvalue weighted by Crippen LogP contribution is 2.15. The van der Waals surface area contributed by atoms with Crippen LogP contribution in [-0.2, 0) is 14.3 Å². The summed E-state index contributed by atoms with van der Waals surface area (Å²) in [5.74, 6) is -2.19. The van der Waals surface area contributed by atoms with Gasteiger partial charge in [-0.3, -0.25) is 4.79 Å². The molecule has 0 aromatic heterocycles. The molecule has 1 aliphatic heterocycles. The minimum absolute atomic E-state index is 0.185. The summed E-state index contributed by atoms with van der Waals surface area (Å²) in [6.45, 7) is 5.26. The van der Waals surface area contributed by atoms with E-state index in [2.05, 4.69) is 12.2 Å². The third-order valence-corrected chi connectivity index (χ3v) is 2.49. The van der Waals surface area contributed by atoms with E-state index in [1.807, 2.05) is 0 Å². The van der Waals surface area contributed by atoms with Crippen molar-refractivity contribution in [1.29, 1.82) is 0 Å². The largest absolute Gasteiger partial charge is 0.490 e. The minimum Gasteiger partial charge on any atom is -0.475 e. The first-order chi connectivity index (χ1) is 8.62. The maximum atomic E-state index is 10.6. The zero-order valence-corrected chi connectivity index (χ0v) is 10.8. The molecule has 112 valence electrons. The normalized spacial score (nSPS) is 23.0. The molecule has 0 bridgehead atoms. The van der Waals surface area contributed by atoms with Gasteiger partial charge in [0.05, 0.1) is 0 Å². The van der Waals surface area contributed by atoms with Crippen LogP contribution < -0.4 is 5.32 Å². The number of carbonyl (C=O) groups excluding carboxylic acids is 1. The molecule has 0 amide bonds. The molecule has 0 radical (unpaired) electrons. The molecule has 1 heterocycles.